The third-order valence-electron chi connectivity index (χ3n) is 7.53. The Morgan fingerprint density at radius 3 is 1.50 bits per heavy atom. The number of phosphoric acid groups is 1. The Kier molecular flexibility index (Phi) is 21.4. The van der Waals surface area contributed by atoms with Crippen LogP contribution in [0.15, 0.2) is 0 Å². The molecule has 0 spiro atoms. The molecule has 1 aliphatic rings. The molecular formula is C29H57O12P. The van der Waals surface area contributed by atoms with Crippen molar-refractivity contribution in [2.75, 3.05) is 19.8 Å². The number of ether oxygens (including phenoxy) is 2. The number of aliphatic hydroxyl groups is 5. The molecule has 8 atom stereocenters. The van der Waals surface area contributed by atoms with Gasteiger partial charge in [-0.3, -0.25) is 13.8 Å². The first-order valence-corrected chi connectivity index (χ1v) is 17.3. The Balaban J connectivity index is 2.16. The van der Waals surface area contributed by atoms with Crippen molar-refractivity contribution in [3.05, 3.63) is 0 Å². The van der Waals surface area contributed by atoms with E-state index < -0.39 is 63.1 Å². The van der Waals surface area contributed by atoms with Crippen LogP contribution in [-0.2, 0) is 27.9 Å². The number of unbranched alkanes of at least 4 members (excludes halogenated alkanes) is 15. The summed E-state index contributed by atoms with van der Waals surface area (Å²) in [5, 5.41) is 49.1. The van der Waals surface area contributed by atoms with E-state index in [2.05, 4.69) is 6.92 Å². The Morgan fingerprint density at radius 2 is 1.07 bits per heavy atom. The molecule has 0 aromatic rings. The van der Waals surface area contributed by atoms with Crippen LogP contribution >= 0.6 is 7.82 Å². The van der Waals surface area contributed by atoms with Crippen LogP contribution in [0.1, 0.15) is 117 Å². The zero-order valence-corrected chi connectivity index (χ0v) is 26.5. The highest BCUT2D eigenvalue weighted by molar-refractivity contribution is 7.47. The average molecular weight is 629 g/mol. The van der Waals surface area contributed by atoms with E-state index >= 15 is 0 Å². The van der Waals surface area contributed by atoms with Gasteiger partial charge in [0, 0.05) is 13.5 Å². The van der Waals surface area contributed by atoms with Gasteiger partial charge in [-0.25, -0.2) is 4.57 Å². The summed E-state index contributed by atoms with van der Waals surface area (Å²) in [6, 6.07) is 0. The number of aliphatic hydroxyl groups excluding tert-OH is 5. The van der Waals surface area contributed by atoms with Crippen molar-refractivity contribution in [1.29, 1.82) is 0 Å². The van der Waals surface area contributed by atoms with Crippen LogP contribution in [0.2, 0.25) is 0 Å². The highest BCUT2D eigenvalue weighted by Gasteiger charge is 2.51. The molecule has 42 heavy (non-hydrogen) atoms. The second kappa shape index (κ2) is 22.8. The zero-order valence-electron chi connectivity index (χ0n) is 25.6. The van der Waals surface area contributed by atoms with Gasteiger partial charge in [-0.15, -0.1) is 0 Å². The number of carbonyl (C=O) groups is 1. The van der Waals surface area contributed by atoms with Gasteiger partial charge in [0.2, 0.25) is 0 Å². The van der Waals surface area contributed by atoms with E-state index in [4.69, 9.17) is 18.5 Å². The third kappa shape index (κ3) is 17.0. The van der Waals surface area contributed by atoms with E-state index in [1.54, 1.807) is 0 Å². The third-order valence-corrected chi connectivity index (χ3v) is 8.52. The van der Waals surface area contributed by atoms with E-state index in [1.165, 1.54) is 90.4 Å². The van der Waals surface area contributed by atoms with Crippen molar-refractivity contribution < 1.29 is 58.3 Å². The van der Waals surface area contributed by atoms with Crippen LogP contribution in [0.3, 0.4) is 0 Å². The van der Waals surface area contributed by atoms with Crippen molar-refractivity contribution in [3.8, 4) is 0 Å². The van der Waals surface area contributed by atoms with Crippen LogP contribution in [0.5, 0.6) is 0 Å². The molecule has 0 saturated heterocycles. The number of carbonyl (C=O) groups excluding carboxylic acids is 1. The standard InChI is InChI=1S/C29H57O12P/c1-3-4-5-6-7-8-9-10-11-12-13-14-15-16-17-18-19-38-20-23(40-22(2)30)21-39-42(36,37)41-29-27(34)25(32)24(31)26(33)28(29)35/h23-29,31-35H,3-21H2,1-2H3,(H,36,37)/t23-,24?,25-,26?,27?,28?,29?/m1/s1. The molecule has 0 aromatic heterocycles. The minimum Gasteiger partial charge on any atom is -0.458 e. The van der Waals surface area contributed by atoms with Crippen molar-refractivity contribution in [2.24, 2.45) is 0 Å². The first kappa shape index (κ1) is 39.4. The molecule has 1 saturated carbocycles. The minimum atomic E-state index is -4.95. The second-order valence-corrected chi connectivity index (χ2v) is 12.8. The lowest BCUT2D eigenvalue weighted by molar-refractivity contribution is -0.220. The van der Waals surface area contributed by atoms with Gasteiger partial charge in [0.1, 0.15) is 42.7 Å². The van der Waals surface area contributed by atoms with Crippen LogP contribution in [0.4, 0.5) is 0 Å². The predicted octanol–water partition coefficient (Wildman–Crippen LogP) is 3.52. The highest BCUT2D eigenvalue weighted by atomic mass is 31.2. The topological polar surface area (TPSA) is 192 Å². The van der Waals surface area contributed by atoms with Gasteiger partial charge < -0.3 is 39.9 Å². The molecule has 250 valence electrons. The van der Waals surface area contributed by atoms with Gasteiger partial charge in [-0.2, -0.15) is 0 Å². The number of phosphoric ester groups is 1. The molecule has 12 nitrogen and oxygen atoms in total. The van der Waals surface area contributed by atoms with Crippen molar-refractivity contribution in [2.45, 2.75) is 159 Å². The Labute approximate surface area is 251 Å². The largest absolute Gasteiger partial charge is 0.472 e. The van der Waals surface area contributed by atoms with Crippen LogP contribution < -0.4 is 0 Å². The second-order valence-electron chi connectivity index (χ2n) is 11.4. The summed E-state index contributed by atoms with van der Waals surface area (Å²) in [7, 11) is -4.95. The van der Waals surface area contributed by atoms with Crippen molar-refractivity contribution >= 4 is 13.8 Å². The van der Waals surface area contributed by atoms with Crippen LogP contribution in [-0.4, -0.2) is 98.9 Å². The molecule has 1 aliphatic carbocycles. The molecule has 0 aromatic carbocycles. The molecular weight excluding hydrogens is 571 g/mol. The van der Waals surface area contributed by atoms with Gasteiger partial charge in [0.15, 0.2) is 0 Å². The average Bonchev–Trinajstić information content (AvgIpc) is 2.95. The first-order valence-electron chi connectivity index (χ1n) is 15.8. The molecule has 0 bridgehead atoms. The summed E-state index contributed by atoms with van der Waals surface area (Å²) in [5.74, 6) is -0.651. The molecule has 6 N–H and O–H groups in total. The normalized spacial score (nSPS) is 26.6. The fourth-order valence-corrected chi connectivity index (χ4v) is 5.97. The van der Waals surface area contributed by atoms with E-state index in [0.717, 1.165) is 19.3 Å². The summed E-state index contributed by atoms with van der Waals surface area (Å²) in [6.07, 6.45) is 7.52. The Bertz CT molecular complexity index is 725. The monoisotopic (exact) mass is 628 g/mol. The lowest BCUT2D eigenvalue weighted by Crippen LogP contribution is -2.64. The van der Waals surface area contributed by atoms with E-state index in [-0.39, 0.29) is 6.61 Å². The molecule has 6 unspecified atom stereocenters. The zero-order chi connectivity index (χ0) is 31.4. The van der Waals surface area contributed by atoms with Crippen molar-refractivity contribution in [1.82, 2.24) is 0 Å². The summed E-state index contributed by atoms with van der Waals surface area (Å²) >= 11 is 0. The quantitative estimate of drug-likeness (QED) is 0.0490. The highest BCUT2D eigenvalue weighted by Crippen LogP contribution is 2.47. The first-order chi connectivity index (χ1) is 20.0. The van der Waals surface area contributed by atoms with E-state index in [1.807, 2.05) is 0 Å². The lowest BCUT2D eigenvalue weighted by atomic mass is 9.85. The molecule has 13 heteroatoms. The summed E-state index contributed by atoms with van der Waals surface area (Å²) in [5.41, 5.74) is 0. The summed E-state index contributed by atoms with van der Waals surface area (Å²) in [6.45, 7) is 3.16. The fourth-order valence-electron chi connectivity index (χ4n) is 5.00. The minimum absolute atomic E-state index is 0.0867. The maximum atomic E-state index is 12.4. The molecule has 1 fully saturated rings. The maximum absolute atomic E-state index is 12.4. The van der Waals surface area contributed by atoms with Gasteiger partial charge in [0.05, 0.1) is 13.2 Å². The van der Waals surface area contributed by atoms with Gasteiger partial charge in [-0.1, -0.05) is 103 Å². The maximum Gasteiger partial charge on any atom is 0.472 e. The SMILES string of the molecule is CCCCCCCCCCCCCCCCCCOC[C@H](COP(=O)(O)OC1C(O)C(O)C(O)[C@@H](O)C1O)OC(C)=O. The van der Waals surface area contributed by atoms with Crippen molar-refractivity contribution in [3.63, 3.8) is 0 Å². The lowest BCUT2D eigenvalue weighted by Gasteiger charge is -2.41. The summed E-state index contributed by atoms with van der Waals surface area (Å²) in [4.78, 5) is 21.5. The summed E-state index contributed by atoms with van der Waals surface area (Å²) < 4.78 is 32.6. The predicted molar refractivity (Wildman–Crippen MR) is 157 cm³/mol. The number of rotatable bonds is 25. The van der Waals surface area contributed by atoms with Gasteiger partial charge in [-0.05, 0) is 6.42 Å². The van der Waals surface area contributed by atoms with Gasteiger partial charge >= 0.3 is 13.8 Å². The van der Waals surface area contributed by atoms with E-state index in [0.29, 0.717) is 6.61 Å². The van der Waals surface area contributed by atoms with Crippen LogP contribution in [0.25, 0.3) is 0 Å². The number of hydrogen-bond donors (Lipinski definition) is 6. The Morgan fingerprint density at radius 1 is 0.667 bits per heavy atom. The Hall–Kier alpha value is -0.660. The van der Waals surface area contributed by atoms with E-state index in [9.17, 15) is 39.8 Å². The molecule has 1 rings (SSSR count). The molecule has 0 aliphatic heterocycles. The van der Waals surface area contributed by atoms with Gasteiger partial charge in [0.25, 0.3) is 0 Å². The number of hydrogen-bond acceptors (Lipinski definition) is 11. The smallest absolute Gasteiger partial charge is 0.458 e. The molecule has 0 heterocycles. The molecule has 0 amide bonds. The fraction of sp³-hybridized carbons (Fsp3) is 0.966. The number of esters is 1. The molecule has 0 radical (unpaired) electrons. The van der Waals surface area contributed by atoms with Crippen LogP contribution in [0, 0.1) is 0 Å².